The van der Waals surface area contributed by atoms with E-state index in [1.807, 2.05) is 25.1 Å². The lowest BCUT2D eigenvalue weighted by atomic mass is 10.1. The molecular weight excluding hydrogens is 388 g/mol. The van der Waals surface area contributed by atoms with Gasteiger partial charge in [0.15, 0.2) is 0 Å². The number of halogens is 3. The van der Waals surface area contributed by atoms with Crippen molar-refractivity contribution in [3.8, 4) is 6.07 Å². The Hall–Kier alpha value is -0.0500. The van der Waals surface area contributed by atoms with Crippen molar-refractivity contribution in [1.29, 1.82) is 5.26 Å². The van der Waals surface area contributed by atoms with Gasteiger partial charge in [-0.15, -0.1) is 0 Å². The van der Waals surface area contributed by atoms with Crippen molar-refractivity contribution in [3.63, 3.8) is 0 Å². The van der Waals surface area contributed by atoms with Crippen LogP contribution in [0.15, 0.2) is 28.2 Å². The molecule has 0 spiro atoms. The fourth-order valence-corrected chi connectivity index (χ4v) is 2.57. The average Bonchev–Trinajstić information content (AvgIpc) is 2.23. The van der Waals surface area contributed by atoms with Gasteiger partial charge in [0, 0.05) is 19.2 Å². The fourth-order valence-electron chi connectivity index (χ4n) is 1.11. The highest BCUT2D eigenvalue weighted by atomic mass is 127. The number of nitrogens with zero attached hydrogens (tertiary/aromatic N) is 1. The maximum Gasteiger partial charge on any atom is 0.0962 e. The highest BCUT2D eigenvalue weighted by Gasteiger charge is 2.09. The lowest BCUT2D eigenvalue weighted by Gasteiger charge is -2.05. The van der Waals surface area contributed by atoms with Crippen LogP contribution < -0.4 is 0 Å². The highest BCUT2D eigenvalue weighted by Crippen LogP contribution is 2.30. The second-order valence-electron chi connectivity index (χ2n) is 2.88. The van der Waals surface area contributed by atoms with Crippen molar-refractivity contribution < 1.29 is 0 Å². The van der Waals surface area contributed by atoms with Crippen LogP contribution in [0.4, 0.5) is 0 Å². The second kappa shape index (κ2) is 5.88. The van der Waals surface area contributed by atoms with Gasteiger partial charge in [-0.05, 0) is 47.2 Å². The van der Waals surface area contributed by atoms with E-state index in [9.17, 15) is 0 Å². The molecule has 0 heterocycles. The van der Waals surface area contributed by atoms with Crippen molar-refractivity contribution in [2.75, 3.05) is 0 Å². The predicted octanol–water partition coefficient (Wildman–Crippen LogP) is 4.94. The summed E-state index contributed by atoms with van der Waals surface area (Å²) in [6, 6.07) is 7.97. The molecule has 78 valence electrons. The van der Waals surface area contributed by atoms with Crippen LogP contribution in [0.2, 0.25) is 0 Å². The molecule has 0 aromatic heterocycles. The normalized spacial score (nSPS) is 11.9. The average molecular weight is 396 g/mol. The minimum Gasteiger partial charge on any atom is -0.193 e. The van der Waals surface area contributed by atoms with Crippen molar-refractivity contribution >= 4 is 55.2 Å². The Bertz CT molecular complexity index is 448. The van der Waals surface area contributed by atoms with E-state index >= 15 is 0 Å². The SMILES string of the molecule is CC/C(C#N)=C(/Cl)c1cc(Br)ccc1I. The molecule has 1 aromatic carbocycles. The van der Waals surface area contributed by atoms with Gasteiger partial charge in [0.25, 0.3) is 0 Å². The summed E-state index contributed by atoms with van der Waals surface area (Å²) >= 11 is 11.8. The zero-order valence-corrected chi connectivity index (χ0v) is 12.5. The van der Waals surface area contributed by atoms with Crippen LogP contribution in [-0.2, 0) is 0 Å². The van der Waals surface area contributed by atoms with Gasteiger partial charge in [0.2, 0.25) is 0 Å². The van der Waals surface area contributed by atoms with E-state index in [0.717, 1.165) is 13.6 Å². The zero-order valence-electron chi connectivity index (χ0n) is 8.02. The molecule has 0 unspecified atom stereocenters. The second-order valence-corrected chi connectivity index (χ2v) is 5.34. The summed E-state index contributed by atoms with van der Waals surface area (Å²) in [5.74, 6) is 0. The molecule has 0 saturated carbocycles. The molecule has 0 aliphatic rings. The number of allylic oxidation sites excluding steroid dienone is 1. The van der Waals surface area contributed by atoms with Crippen molar-refractivity contribution in [2.45, 2.75) is 13.3 Å². The molecule has 0 aliphatic heterocycles. The van der Waals surface area contributed by atoms with Crippen LogP contribution in [0.3, 0.4) is 0 Å². The molecular formula is C11H8BrClIN. The standard InChI is InChI=1S/C11H8BrClIN/c1-2-7(6-15)11(13)9-5-8(12)3-4-10(9)14/h3-5H,2H2,1H3/b11-7-. The number of benzene rings is 1. The van der Waals surface area contributed by atoms with Gasteiger partial charge >= 0.3 is 0 Å². The number of nitriles is 1. The van der Waals surface area contributed by atoms with E-state index in [2.05, 4.69) is 44.6 Å². The fraction of sp³-hybridized carbons (Fsp3) is 0.182. The van der Waals surface area contributed by atoms with Gasteiger partial charge in [0.1, 0.15) is 0 Å². The Balaban J connectivity index is 3.34. The van der Waals surface area contributed by atoms with Gasteiger partial charge in [0.05, 0.1) is 11.1 Å². The third kappa shape index (κ3) is 3.20. The van der Waals surface area contributed by atoms with Crippen molar-refractivity contribution in [2.24, 2.45) is 0 Å². The van der Waals surface area contributed by atoms with E-state index in [1.54, 1.807) is 0 Å². The first-order valence-electron chi connectivity index (χ1n) is 4.34. The van der Waals surface area contributed by atoms with Gasteiger partial charge in [-0.1, -0.05) is 34.5 Å². The monoisotopic (exact) mass is 395 g/mol. The Kier molecular flexibility index (Phi) is 5.10. The summed E-state index contributed by atoms with van der Waals surface area (Å²) in [6.07, 6.45) is 0.651. The molecule has 0 fully saturated rings. The minimum atomic E-state index is 0.547. The van der Waals surface area contributed by atoms with Crippen molar-refractivity contribution in [3.05, 3.63) is 37.4 Å². The quantitative estimate of drug-likeness (QED) is 0.513. The molecule has 1 nitrogen and oxygen atoms in total. The van der Waals surface area contributed by atoms with E-state index < -0.39 is 0 Å². The molecule has 1 aromatic rings. The van der Waals surface area contributed by atoms with Crippen LogP contribution >= 0.6 is 50.1 Å². The van der Waals surface area contributed by atoms with Gasteiger partial charge < -0.3 is 0 Å². The predicted molar refractivity (Wildman–Crippen MR) is 75.5 cm³/mol. The smallest absolute Gasteiger partial charge is 0.0962 e. The maximum absolute atomic E-state index is 8.91. The lowest BCUT2D eigenvalue weighted by Crippen LogP contribution is -1.88. The molecule has 0 N–H and O–H groups in total. The highest BCUT2D eigenvalue weighted by molar-refractivity contribution is 14.1. The van der Waals surface area contributed by atoms with Crippen LogP contribution in [0.1, 0.15) is 18.9 Å². The number of hydrogen-bond donors (Lipinski definition) is 0. The van der Waals surface area contributed by atoms with E-state index in [1.165, 1.54) is 0 Å². The first kappa shape index (κ1) is 13.0. The molecule has 0 amide bonds. The largest absolute Gasteiger partial charge is 0.193 e. The van der Waals surface area contributed by atoms with Crippen LogP contribution in [-0.4, -0.2) is 0 Å². The summed E-state index contributed by atoms with van der Waals surface area (Å²) in [6.45, 7) is 1.92. The Morgan fingerprint density at radius 2 is 2.27 bits per heavy atom. The molecule has 0 saturated heterocycles. The van der Waals surface area contributed by atoms with Gasteiger partial charge in [-0.25, -0.2) is 0 Å². The molecule has 0 atom stereocenters. The first-order chi connectivity index (χ1) is 7.10. The Labute approximate surface area is 116 Å². The van der Waals surface area contributed by atoms with Crippen LogP contribution in [0.25, 0.3) is 5.03 Å². The minimum absolute atomic E-state index is 0.547. The molecule has 15 heavy (non-hydrogen) atoms. The Morgan fingerprint density at radius 1 is 1.60 bits per heavy atom. The van der Waals surface area contributed by atoms with E-state index in [4.69, 9.17) is 16.9 Å². The molecule has 4 heteroatoms. The van der Waals surface area contributed by atoms with Gasteiger partial charge in [-0.3, -0.25) is 0 Å². The van der Waals surface area contributed by atoms with Crippen molar-refractivity contribution in [1.82, 2.24) is 0 Å². The summed E-state index contributed by atoms with van der Waals surface area (Å²) in [5.41, 5.74) is 1.53. The lowest BCUT2D eigenvalue weighted by molar-refractivity contribution is 1.16. The summed E-state index contributed by atoms with van der Waals surface area (Å²) in [5, 5.41) is 9.46. The van der Waals surface area contributed by atoms with E-state index in [-0.39, 0.29) is 0 Å². The number of rotatable bonds is 2. The summed E-state index contributed by atoms with van der Waals surface area (Å²) in [4.78, 5) is 0. The zero-order chi connectivity index (χ0) is 11.4. The Morgan fingerprint density at radius 3 is 2.80 bits per heavy atom. The third-order valence-corrected chi connectivity index (χ3v) is 3.78. The van der Waals surface area contributed by atoms with Crippen LogP contribution in [0.5, 0.6) is 0 Å². The summed E-state index contributed by atoms with van der Waals surface area (Å²) in [7, 11) is 0. The van der Waals surface area contributed by atoms with E-state index in [0.29, 0.717) is 17.0 Å². The molecule has 1 rings (SSSR count). The number of hydrogen-bond acceptors (Lipinski definition) is 1. The maximum atomic E-state index is 8.91. The molecule has 0 bridgehead atoms. The molecule has 0 radical (unpaired) electrons. The topological polar surface area (TPSA) is 23.8 Å². The van der Waals surface area contributed by atoms with Crippen LogP contribution in [0, 0.1) is 14.9 Å². The third-order valence-electron chi connectivity index (χ3n) is 1.92. The summed E-state index contributed by atoms with van der Waals surface area (Å²) < 4.78 is 2.01. The van der Waals surface area contributed by atoms with Gasteiger partial charge in [-0.2, -0.15) is 5.26 Å². The molecule has 0 aliphatic carbocycles. The first-order valence-corrected chi connectivity index (χ1v) is 6.59.